The van der Waals surface area contributed by atoms with Gasteiger partial charge in [0, 0.05) is 51.8 Å². The summed E-state index contributed by atoms with van der Waals surface area (Å²) in [7, 11) is 3.72. The molecule has 0 radical (unpaired) electrons. The summed E-state index contributed by atoms with van der Waals surface area (Å²) < 4.78 is 18.9. The number of aliphatic imine (C=N–C) groups is 1. The molecular weight excluding hydrogens is 323 g/mol. The van der Waals surface area contributed by atoms with E-state index in [1.165, 1.54) is 6.07 Å². The standard InChI is InChI=1S/C18H27FN4O2/c1-13-4-5-15(10-16(13)19)17(24)21-7-8-22-18(20-2)23(3)11-14-6-9-25-12-14/h4-5,10,14H,6-9,11-12H2,1-3H3,(H,20,22)(H,21,24). The minimum absolute atomic E-state index is 0.285. The van der Waals surface area contributed by atoms with Crippen LogP contribution in [0.15, 0.2) is 23.2 Å². The van der Waals surface area contributed by atoms with Crippen LogP contribution in [0.25, 0.3) is 0 Å². The average Bonchev–Trinajstić information content (AvgIpc) is 3.10. The first-order valence-electron chi connectivity index (χ1n) is 8.55. The Morgan fingerprint density at radius 2 is 2.16 bits per heavy atom. The van der Waals surface area contributed by atoms with Crippen molar-refractivity contribution in [2.75, 3.05) is 46.9 Å². The van der Waals surface area contributed by atoms with Gasteiger partial charge in [0.25, 0.3) is 5.91 Å². The highest BCUT2D eigenvalue weighted by Crippen LogP contribution is 2.13. The highest BCUT2D eigenvalue weighted by atomic mass is 19.1. The molecule has 1 aromatic carbocycles. The molecule has 1 atom stereocenters. The largest absolute Gasteiger partial charge is 0.381 e. The molecule has 0 saturated carbocycles. The van der Waals surface area contributed by atoms with Crippen molar-refractivity contribution in [2.24, 2.45) is 10.9 Å². The Labute approximate surface area is 148 Å². The maximum Gasteiger partial charge on any atom is 0.251 e. The molecular formula is C18H27FN4O2. The highest BCUT2D eigenvalue weighted by Gasteiger charge is 2.19. The first-order chi connectivity index (χ1) is 12.0. The van der Waals surface area contributed by atoms with Gasteiger partial charge in [-0.25, -0.2) is 4.39 Å². The second-order valence-electron chi connectivity index (χ2n) is 6.30. The van der Waals surface area contributed by atoms with Crippen LogP contribution in [0.2, 0.25) is 0 Å². The zero-order chi connectivity index (χ0) is 18.2. The lowest BCUT2D eigenvalue weighted by atomic mass is 10.1. The van der Waals surface area contributed by atoms with E-state index in [1.54, 1.807) is 26.1 Å². The van der Waals surface area contributed by atoms with Crippen LogP contribution in [0.1, 0.15) is 22.3 Å². The Hall–Kier alpha value is -2.15. The van der Waals surface area contributed by atoms with Gasteiger partial charge in [0.1, 0.15) is 5.82 Å². The second kappa shape index (κ2) is 9.36. The number of aryl methyl sites for hydroxylation is 1. The van der Waals surface area contributed by atoms with Crippen molar-refractivity contribution in [3.05, 3.63) is 35.1 Å². The number of hydrogen-bond donors (Lipinski definition) is 2. The number of nitrogens with one attached hydrogen (secondary N) is 2. The van der Waals surface area contributed by atoms with Crippen molar-refractivity contribution in [3.63, 3.8) is 0 Å². The molecule has 2 rings (SSSR count). The molecule has 25 heavy (non-hydrogen) atoms. The number of hydrogen-bond acceptors (Lipinski definition) is 3. The molecule has 1 aliphatic rings. The number of rotatable bonds is 6. The van der Waals surface area contributed by atoms with E-state index in [-0.39, 0.29) is 11.7 Å². The number of carbonyl (C=O) groups is 1. The maximum absolute atomic E-state index is 13.5. The lowest BCUT2D eigenvalue weighted by Gasteiger charge is -2.24. The van der Waals surface area contributed by atoms with Gasteiger partial charge >= 0.3 is 0 Å². The zero-order valence-corrected chi connectivity index (χ0v) is 15.1. The molecule has 1 fully saturated rings. The summed E-state index contributed by atoms with van der Waals surface area (Å²) in [5.74, 6) is 0.651. The monoisotopic (exact) mass is 350 g/mol. The van der Waals surface area contributed by atoms with Gasteiger partial charge in [-0.1, -0.05) is 6.07 Å². The summed E-state index contributed by atoms with van der Waals surface area (Å²) in [5.41, 5.74) is 0.851. The van der Waals surface area contributed by atoms with Gasteiger partial charge in [-0.2, -0.15) is 0 Å². The summed E-state index contributed by atoms with van der Waals surface area (Å²) in [6.45, 7) is 5.14. The number of halogens is 1. The Kier molecular flexibility index (Phi) is 7.18. The molecule has 1 amide bonds. The van der Waals surface area contributed by atoms with Gasteiger partial charge < -0.3 is 20.3 Å². The third-order valence-electron chi connectivity index (χ3n) is 4.26. The van der Waals surface area contributed by atoms with E-state index in [2.05, 4.69) is 20.5 Å². The third-order valence-corrected chi connectivity index (χ3v) is 4.26. The van der Waals surface area contributed by atoms with Crippen LogP contribution in [0, 0.1) is 18.7 Å². The predicted molar refractivity (Wildman–Crippen MR) is 96.4 cm³/mol. The van der Waals surface area contributed by atoms with E-state index in [0.29, 0.717) is 30.1 Å². The summed E-state index contributed by atoms with van der Waals surface area (Å²) >= 11 is 0. The molecule has 0 bridgehead atoms. The quantitative estimate of drug-likeness (QED) is 0.462. The summed E-state index contributed by atoms with van der Waals surface area (Å²) in [6.07, 6.45) is 1.07. The Morgan fingerprint density at radius 1 is 1.40 bits per heavy atom. The minimum atomic E-state index is -0.372. The molecule has 2 N–H and O–H groups in total. The Balaban J connectivity index is 1.72. The van der Waals surface area contributed by atoms with Crippen molar-refractivity contribution >= 4 is 11.9 Å². The van der Waals surface area contributed by atoms with Crippen LogP contribution >= 0.6 is 0 Å². The van der Waals surface area contributed by atoms with Gasteiger partial charge in [0.2, 0.25) is 0 Å². The van der Waals surface area contributed by atoms with Crippen molar-refractivity contribution in [2.45, 2.75) is 13.3 Å². The van der Waals surface area contributed by atoms with Crippen LogP contribution in [0.3, 0.4) is 0 Å². The van der Waals surface area contributed by atoms with Crippen molar-refractivity contribution in [3.8, 4) is 0 Å². The predicted octanol–water partition coefficient (Wildman–Crippen LogP) is 1.41. The van der Waals surface area contributed by atoms with Gasteiger partial charge in [0.15, 0.2) is 5.96 Å². The van der Waals surface area contributed by atoms with E-state index in [1.807, 2.05) is 7.05 Å². The van der Waals surface area contributed by atoms with Crippen LogP contribution < -0.4 is 10.6 Å². The molecule has 6 nitrogen and oxygen atoms in total. The lowest BCUT2D eigenvalue weighted by Crippen LogP contribution is -2.44. The first-order valence-corrected chi connectivity index (χ1v) is 8.55. The van der Waals surface area contributed by atoms with Crippen molar-refractivity contribution in [1.29, 1.82) is 0 Å². The third kappa shape index (κ3) is 5.70. The fourth-order valence-corrected chi connectivity index (χ4v) is 2.77. The molecule has 0 aromatic heterocycles. The zero-order valence-electron chi connectivity index (χ0n) is 15.1. The molecule has 0 aliphatic carbocycles. The van der Waals surface area contributed by atoms with E-state index in [9.17, 15) is 9.18 Å². The number of ether oxygens (including phenoxy) is 1. The number of carbonyl (C=O) groups excluding carboxylic acids is 1. The van der Waals surface area contributed by atoms with E-state index >= 15 is 0 Å². The van der Waals surface area contributed by atoms with E-state index in [4.69, 9.17) is 4.74 Å². The number of amides is 1. The molecule has 1 saturated heterocycles. The van der Waals surface area contributed by atoms with Crippen LogP contribution in [0.5, 0.6) is 0 Å². The maximum atomic E-state index is 13.5. The number of guanidine groups is 1. The molecule has 1 aromatic rings. The fourth-order valence-electron chi connectivity index (χ4n) is 2.77. The Morgan fingerprint density at radius 3 is 2.80 bits per heavy atom. The highest BCUT2D eigenvalue weighted by molar-refractivity contribution is 5.94. The second-order valence-corrected chi connectivity index (χ2v) is 6.30. The summed E-state index contributed by atoms with van der Waals surface area (Å²) in [4.78, 5) is 18.3. The lowest BCUT2D eigenvalue weighted by molar-refractivity contribution is 0.0954. The normalized spacial score (nSPS) is 17.4. The van der Waals surface area contributed by atoms with Crippen molar-refractivity contribution in [1.82, 2.24) is 15.5 Å². The fraction of sp³-hybridized carbons (Fsp3) is 0.556. The Bertz CT molecular complexity index is 615. The van der Waals surface area contributed by atoms with Crippen LogP contribution in [0.4, 0.5) is 4.39 Å². The van der Waals surface area contributed by atoms with Crippen LogP contribution in [-0.4, -0.2) is 63.7 Å². The number of benzene rings is 1. The molecule has 138 valence electrons. The van der Waals surface area contributed by atoms with Gasteiger partial charge in [-0.15, -0.1) is 0 Å². The minimum Gasteiger partial charge on any atom is -0.381 e. The topological polar surface area (TPSA) is 66.0 Å². The van der Waals surface area contributed by atoms with Gasteiger partial charge in [-0.3, -0.25) is 9.79 Å². The average molecular weight is 350 g/mol. The van der Waals surface area contributed by atoms with Gasteiger partial charge in [-0.05, 0) is 31.0 Å². The molecule has 7 heteroatoms. The summed E-state index contributed by atoms with van der Waals surface area (Å²) in [6, 6.07) is 4.48. The number of nitrogens with zero attached hydrogens (tertiary/aromatic N) is 2. The van der Waals surface area contributed by atoms with E-state index in [0.717, 1.165) is 32.1 Å². The molecule has 1 heterocycles. The van der Waals surface area contributed by atoms with Crippen LogP contribution in [-0.2, 0) is 4.74 Å². The molecule has 1 unspecified atom stereocenters. The van der Waals surface area contributed by atoms with Gasteiger partial charge in [0.05, 0.1) is 6.61 Å². The smallest absolute Gasteiger partial charge is 0.251 e. The molecule has 1 aliphatic heterocycles. The molecule has 0 spiro atoms. The SMILES string of the molecule is CN=C(NCCNC(=O)c1ccc(C)c(F)c1)N(C)CC1CCOC1. The summed E-state index contributed by atoms with van der Waals surface area (Å²) in [5, 5.41) is 5.99. The first kappa shape index (κ1) is 19.2. The van der Waals surface area contributed by atoms with Crippen molar-refractivity contribution < 1.29 is 13.9 Å². The van der Waals surface area contributed by atoms with E-state index < -0.39 is 0 Å².